The Balaban J connectivity index is 2.17. The molecular formula is C11H22N2O2. The Kier molecular flexibility index (Phi) is 3.03. The highest BCUT2D eigenvalue weighted by Crippen LogP contribution is 2.44. The number of piperidine rings is 1. The van der Waals surface area contributed by atoms with Crippen molar-refractivity contribution in [2.75, 3.05) is 39.8 Å². The summed E-state index contributed by atoms with van der Waals surface area (Å²) < 4.78 is 0. The molecule has 0 aliphatic carbocycles. The minimum atomic E-state index is -0.682. The molecule has 2 rings (SSSR count). The van der Waals surface area contributed by atoms with Crippen LogP contribution in [-0.4, -0.2) is 60.5 Å². The Morgan fingerprint density at radius 2 is 1.93 bits per heavy atom. The summed E-state index contributed by atoms with van der Waals surface area (Å²) in [6, 6.07) is 0. The summed E-state index contributed by atoms with van der Waals surface area (Å²) in [5.41, 5.74) is -0.957. The lowest BCUT2D eigenvalue weighted by Gasteiger charge is -2.47. The molecule has 0 aromatic rings. The molecule has 2 fully saturated rings. The number of aliphatic hydroxyl groups excluding tert-OH is 1. The van der Waals surface area contributed by atoms with E-state index in [1.54, 1.807) is 0 Å². The van der Waals surface area contributed by atoms with Crippen molar-refractivity contribution in [3.8, 4) is 0 Å². The summed E-state index contributed by atoms with van der Waals surface area (Å²) in [7, 11) is 2.03. The maximum absolute atomic E-state index is 10.7. The molecule has 4 heteroatoms. The summed E-state index contributed by atoms with van der Waals surface area (Å²) in [6.45, 7) is 3.57. The summed E-state index contributed by atoms with van der Waals surface area (Å²) >= 11 is 0. The molecule has 2 saturated heterocycles. The van der Waals surface area contributed by atoms with Crippen LogP contribution >= 0.6 is 0 Å². The van der Waals surface area contributed by atoms with Crippen LogP contribution in [0.1, 0.15) is 19.3 Å². The minimum absolute atomic E-state index is 0.110. The normalized spacial score (nSPS) is 37.0. The van der Waals surface area contributed by atoms with E-state index in [0.29, 0.717) is 6.54 Å². The quantitative estimate of drug-likeness (QED) is 0.575. The number of likely N-dealkylation sites (tertiary alicyclic amines) is 1. The third kappa shape index (κ3) is 1.80. The zero-order chi connectivity index (χ0) is 10.9. The van der Waals surface area contributed by atoms with Crippen LogP contribution in [-0.2, 0) is 0 Å². The molecule has 3 N–H and O–H groups in total. The fraction of sp³-hybridized carbons (Fsp3) is 1.00. The van der Waals surface area contributed by atoms with Crippen molar-refractivity contribution in [3.63, 3.8) is 0 Å². The lowest BCUT2D eigenvalue weighted by atomic mass is 9.66. The van der Waals surface area contributed by atoms with Gasteiger partial charge in [-0.15, -0.1) is 0 Å². The molecule has 2 aliphatic rings. The molecule has 1 atom stereocenters. The largest absolute Gasteiger partial charge is 0.396 e. The second-order valence-corrected chi connectivity index (χ2v) is 5.21. The van der Waals surface area contributed by atoms with Gasteiger partial charge in [-0.1, -0.05) is 0 Å². The Morgan fingerprint density at radius 3 is 2.40 bits per heavy atom. The molecular weight excluding hydrogens is 192 g/mol. The van der Waals surface area contributed by atoms with Gasteiger partial charge in [-0.05, 0) is 39.4 Å². The standard InChI is InChI=1S/C11H22N2O2/c1-13-7-4-11(15,8-13)10(9-14)2-5-12-6-3-10/h12,14-15H,2-9H2,1H3. The zero-order valence-electron chi connectivity index (χ0n) is 9.50. The number of β-amino-alcohol motifs (C(OH)–C–C–N with tert-alkyl or cyclic N) is 1. The molecule has 0 aromatic heterocycles. The van der Waals surface area contributed by atoms with E-state index in [4.69, 9.17) is 0 Å². The van der Waals surface area contributed by atoms with E-state index < -0.39 is 5.60 Å². The Hall–Kier alpha value is -0.160. The number of aliphatic hydroxyl groups is 2. The summed E-state index contributed by atoms with van der Waals surface area (Å²) in [5, 5.41) is 23.6. The minimum Gasteiger partial charge on any atom is -0.396 e. The van der Waals surface area contributed by atoms with Crippen LogP contribution in [0, 0.1) is 5.41 Å². The molecule has 2 aliphatic heterocycles. The Labute approximate surface area is 91.3 Å². The van der Waals surface area contributed by atoms with Crippen LogP contribution < -0.4 is 5.32 Å². The second-order valence-electron chi connectivity index (χ2n) is 5.21. The average Bonchev–Trinajstić information content (AvgIpc) is 2.61. The molecule has 15 heavy (non-hydrogen) atoms. The zero-order valence-corrected chi connectivity index (χ0v) is 9.50. The van der Waals surface area contributed by atoms with Gasteiger partial charge in [0, 0.05) is 18.5 Å². The first-order valence-corrected chi connectivity index (χ1v) is 5.84. The highest BCUT2D eigenvalue weighted by molar-refractivity contribution is 5.05. The lowest BCUT2D eigenvalue weighted by molar-refractivity contribution is -0.115. The highest BCUT2D eigenvalue weighted by atomic mass is 16.3. The van der Waals surface area contributed by atoms with Gasteiger partial charge in [0.2, 0.25) is 0 Å². The number of nitrogens with zero attached hydrogens (tertiary/aromatic N) is 1. The third-order valence-corrected chi connectivity index (χ3v) is 4.29. The third-order valence-electron chi connectivity index (χ3n) is 4.29. The SMILES string of the molecule is CN1CCC(O)(C2(CO)CCNCC2)C1. The van der Waals surface area contributed by atoms with Crippen LogP contribution in [0.5, 0.6) is 0 Å². The van der Waals surface area contributed by atoms with Crippen molar-refractivity contribution in [2.24, 2.45) is 5.41 Å². The van der Waals surface area contributed by atoms with Gasteiger partial charge < -0.3 is 20.4 Å². The lowest BCUT2D eigenvalue weighted by Crippen LogP contribution is -2.56. The monoisotopic (exact) mass is 214 g/mol. The van der Waals surface area contributed by atoms with E-state index in [9.17, 15) is 10.2 Å². The topological polar surface area (TPSA) is 55.7 Å². The molecule has 1 unspecified atom stereocenters. The van der Waals surface area contributed by atoms with Crippen molar-refractivity contribution >= 4 is 0 Å². The average molecular weight is 214 g/mol. The van der Waals surface area contributed by atoms with Crippen LogP contribution in [0.25, 0.3) is 0 Å². The number of nitrogens with one attached hydrogen (secondary N) is 1. The second kappa shape index (κ2) is 4.01. The molecule has 2 heterocycles. The Morgan fingerprint density at radius 1 is 1.27 bits per heavy atom. The van der Waals surface area contributed by atoms with Gasteiger partial charge in [-0.25, -0.2) is 0 Å². The maximum Gasteiger partial charge on any atom is 0.0864 e. The van der Waals surface area contributed by atoms with Crippen molar-refractivity contribution in [1.29, 1.82) is 0 Å². The summed E-state index contributed by atoms with van der Waals surface area (Å²) in [5.74, 6) is 0. The van der Waals surface area contributed by atoms with Gasteiger partial charge >= 0.3 is 0 Å². The van der Waals surface area contributed by atoms with Gasteiger partial charge in [0.05, 0.1) is 12.2 Å². The van der Waals surface area contributed by atoms with Crippen molar-refractivity contribution in [2.45, 2.75) is 24.9 Å². The number of likely N-dealkylation sites (N-methyl/N-ethyl adjacent to an activating group) is 1. The fourth-order valence-corrected chi connectivity index (χ4v) is 3.09. The first kappa shape index (κ1) is 11.3. The van der Waals surface area contributed by atoms with E-state index in [1.807, 2.05) is 7.05 Å². The van der Waals surface area contributed by atoms with Crippen molar-refractivity contribution < 1.29 is 10.2 Å². The predicted molar refractivity (Wildman–Crippen MR) is 58.7 cm³/mol. The number of rotatable bonds is 2. The van der Waals surface area contributed by atoms with Gasteiger partial charge in [0.25, 0.3) is 0 Å². The molecule has 0 bridgehead atoms. The molecule has 0 saturated carbocycles. The first-order chi connectivity index (χ1) is 7.12. The van der Waals surface area contributed by atoms with Crippen LogP contribution in [0.15, 0.2) is 0 Å². The van der Waals surface area contributed by atoms with E-state index in [-0.39, 0.29) is 12.0 Å². The van der Waals surface area contributed by atoms with Crippen molar-refractivity contribution in [1.82, 2.24) is 10.2 Å². The van der Waals surface area contributed by atoms with Gasteiger partial charge in [0.1, 0.15) is 0 Å². The molecule has 88 valence electrons. The Bertz CT molecular complexity index is 229. The highest BCUT2D eigenvalue weighted by Gasteiger charge is 2.52. The van der Waals surface area contributed by atoms with Crippen LogP contribution in [0.4, 0.5) is 0 Å². The van der Waals surface area contributed by atoms with Gasteiger partial charge in [-0.3, -0.25) is 0 Å². The van der Waals surface area contributed by atoms with Gasteiger partial charge in [0.15, 0.2) is 0 Å². The molecule has 0 aromatic carbocycles. The van der Waals surface area contributed by atoms with E-state index in [0.717, 1.165) is 38.9 Å². The van der Waals surface area contributed by atoms with Gasteiger partial charge in [-0.2, -0.15) is 0 Å². The fourth-order valence-electron chi connectivity index (χ4n) is 3.09. The summed E-state index contributed by atoms with van der Waals surface area (Å²) in [4.78, 5) is 2.15. The van der Waals surface area contributed by atoms with Crippen LogP contribution in [0.3, 0.4) is 0 Å². The molecule has 0 spiro atoms. The van der Waals surface area contributed by atoms with E-state index >= 15 is 0 Å². The van der Waals surface area contributed by atoms with Crippen molar-refractivity contribution in [3.05, 3.63) is 0 Å². The number of hydrogen-bond donors (Lipinski definition) is 3. The smallest absolute Gasteiger partial charge is 0.0864 e. The summed E-state index contributed by atoms with van der Waals surface area (Å²) in [6.07, 6.45) is 2.56. The number of hydrogen-bond acceptors (Lipinski definition) is 4. The van der Waals surface area contributed by atoms with E-state index in [2.05, 4.69) is 10.2 Å². The van der Waals surface area contributed by atoms with Crippen LogP contribution in [0.2, 0.25) is 0 Å². The molecule has 4 nitrogen and oxygen atoms in total. The maximum atomic E-state index is 10.7. The molecule has 0 radical (unpaired) electrons. The first-order valence-electron chi connectivity index (χ1n) is 5.84. The van der Waals surface area contributed by atoms with E-state index in [1.165, 1.54) is 0 Å². The molecule has 0 amide bonds. The predicted octanol–water partition coefficient (Wildman–Crippen LogP) is -0.585.